The first-order valence-corrected chi connectivity index (χ1v) is 11.5. The molecule has 0 spiro atoms. The topological polar surface area (TPSA) is 71.1 Å². The quantitative estimate of drug-likeness (QED) is 0.374. The molecule has 6 rings (SSSR count). The fourth-order valence-corrected chi connectivity index (χ4v) is 5.93. The van der Waals surface area contributed by atoms with E-state index >= 15 is 0 Å². The van der Waals surface area contributed by atoms with Gasteiger partial charge in [-0.2, -0.15) is 0 Å². The second-order valence-corrected chi connectivity index (χ2v) is 10.1. The molecule has 0 bridgehead atoms. The molecule has 3 aliphatic rings. The van der Waals surface area contributed by atoms with Crippen LogP contribution in [0.5, 0.6) is 5.75 Å². The number of amidine groups is 1. The number of benzene rings is 3. The van der Waals surface area contributed by atoms with Gasteiger partial charge in [-0.3, -0.25) is 5.41 Å². The summed E-state index contributed by atoms with van der Waals surface area (Å²) >= 11 is 0. The number of ether oxygens (including phenoxy) is 1. The molecule has 3 unspecified atom stereocenters. The van der Waals surface area contributed by atoms with E-state index in [1.54, 1.807) is 0 Å². The van der Waals surface area contributed by atoms with Gasteiger partial charge in [0, 0.05) is 17.2 Å². The van der Waals surface area contributed by atoms with Crippen LogP contribution in [-0.4, -0.2) is 11.4 Å². The molecule has 3 atom stereocenters. The summed E-state index contributed by atoms with van der Waals surface area (Å²) < 4.78 is 6.24. The third-order valence-electron chi connectivity index (χ3n) is 7.54. The molecule has 3 aromatic rings. The fourth-order valence-electron chi connectivity index (χ4n) is 5.93. The Morgan fingerprint density at radius 2 is 1.88 bits per heavy atom. The predicted molar refractivity (Wildman–Crippen MR) is 129 cm³/mol. The van der Waals surface area contributed by atoms with Crippen molar-refractivity contribution in [3.63, 3.8) is 0 Å². The highest BCUT2D eigenvalue weighted by molar-refractivity contribution is 5.95. The number of hydrogen-bond acceptors (Lipinski definition) is 3. The SMILES string of the molecule is CC1(C)CCc2cc(C3Nc4ccc(C(=N)N)cc4C4c5ccccc5CC34)ccc2O1. The number of fused-ring (bicyclic) bond motifs is 6. The summed E-state index contributed by atoms with van der Waals surface area (Å²) in [5, 5.41) is 11.8. The zero-order chi connectivity index (χ0) is 22.0. The van der Waals surface area contributed by atoms with Crippen molar-refractivity contribution in [2.24, 2.45) is 11.7 Å². The van der Waals surface area contributed by atoms with Gasteiger partial charge in [0.2, 0.25) is 0 Å². The lowest BCUT2D eigenvalue weighted by Crippen LogP contribution is -2.33. The summed E-state index contributed by atoms with van der Waals surface area (Å²) in [6.07, 6.45) is 3.13. The molecule has 4 N–H and O–H groups in total. The molecule has 3 aromatic carbocycles. The molecule has 4 nitrogen and oxygen atoms in total. The van der Waals surface area contributed by atoms with Crippen LogP contribution in [0.1, 0.15) is 65.6 Å². The molecule has 0 aromatic heterocycles. The molecule has 4 heteroatoms. The van der Waals surface area contributed by atoms with E-state index in [1.165, 1.54) is 27.8 Å². The summed E-state index contributed by atoms with van der Waals surface area (Å²) in [7, 11) is 0. The van der Waals surface area contributed by atoms with E-state index in [-0.39, 0.29) is 17.5 Å². The zero-order valence-corrected chi connectivity index (χ0v) is 18.6. The molecule has 0 radical (unpaired) electrons. The van der Waals surface area contributed by atoms with Crippen LogP contribution in [0.3, 0.4) is 0 Å². The van der Waals surface area contributed by atoms with Gasteiger partial charge in [-0.1, -0.05) is 36.4 Å². The lowest BCUT2D eigenvalue weighted by Gasteiger charge is -2.39. The van der Waals surface area contributed by atoms with Gasteiger partial charge < -0.3 is 15.8 Å². The molecule has 162 valence electrons. The van der Waals surface area contributed by atoms with Gasteiger partial charge in [-0.25, -0.2) is 0 Å². The third kappa shape index (κ3) is 3.01. The summed E-state index contributed by atoms with van der Waals surface area (Å²) in [4.78, 5) is 0. The van der Waals surface area contributed by atoms with Gasteiger partial charge in [-0.05, 0) is 91.1 Å². The van der Waals surface area contributed by atoms with Crippen molar-refractivity contribution in [3.05, 3.63) is 94.0 Å². The monoisotopic (exact) mass is 423 g/mol. The number of hydrogen-bond donors (Lipinski definition) is 3. The van der Waals surface area contributed by atoms with Gasteiger partial charge >= 0.3 is 0 Å². The van der Waals surface area contributed by atoms with Crippen LogP contribution < -0.4 is 15.8 Å². The standard InChI is InChI=1S/C28H29N3O/c1-28(2)12-11-17-13-18(8-10-24(17)32-28)26-22-14-16-5-3-4-6-20(16)25(22)21-15-19(27(29)30)7-9-23(21)31-26/h3-10,13,15,22,25-26,31H,11-12,14H2,1-2H3,(H3,29,30). The van der Waals surface area contributed by atoms with E-state index in [0.717, 1.165) is 36.3 Å². The van der Waals surface area contributed by atoms with Crippen molar-refractivity contribution >= 4 is 11.5 Å². The van der Waals surface area contributed by atoms with Gasteiger partial charge in [0.15, 0.2) is 0 Å². The van der Waals surface area contributed by atoms with E-state index in [1.807, 2.05) is 6.07 Å². The molecule has 1 aliphatic carbocycles. The van der Waals surface area contributed by atoms with E-state index < -0.39 is 0 Å². The number of anilines is 1. The predicted octanol–water partition coefficient (Wildman–Crippen LogP) is 5.55. The molecule has 2 heterocycles. The van der Waals surface area contributed by atoms with Gasteiger partial charge in [0.25, 0.3) is 0 Å². The van der Waals surface area contributed by atoms with Crippen LogP contribution in [0.25, 0.3) is 0 Å². The minimum atomic E-state index is -0.0941. The lowest BCUT2D eigenvalue weighted by molar-refractivity contribution is 0.0846. The Hall–Kier alpha value is -3.27. The maximum Gasteiger partial charge on any atom is 0.123 e. The highest BCUT2D eigenvalue weighted by atomic mass is 16.5. The average molecular weight is 424 g/mol. The Morgan fingerprint density at radius 3 is 2.72 bits per heavy atom. The third-order valence-corrected chi connectivity index (χ3v) is 7.54. The smallest absolute Gasteiger partial charge is 0.123 e. The maximum absolute atomic E-state index is 7.92. The van der Waals surface area contributed by atoms with Crippen LogP contribution in [0.15, 0.2) is 60.7 Å². The van der Waals surface area contributed by atoms with Crippen molar-refractivity contribution < 1.29 is 4.74 Å². The summed E-state index contributed by atoms with van der Waals surface area (Å²) in [6.45, 7) is 4.33. The van der Waals surface area contributed by atoms with Crippen LogP contribution in [0.4, 0.5) is 5.69 Å². The van der Waals surface area contributed by atoms with Crippen molar-refractivity contribution in [1.82, 2.24) is 0 Å². The Labute approximate surface area is 189 Å². The molecule has 0 fully saturated rings. The normalized spacial score (nSPS) is 24.2. The second kappa shape index (κ2) is 6.86. The largest absolute Gasteiger partial charge is 0.488 e. The van der Waals surface area contributed by atoms with E-state index in [9.17, 15) is 0 Å². The van der Waals surface area contributed by atoms with E-state index in [2.05, 4.69) is 73.8 Å². The van der Waals surface area contributed by atoms with Crippen molar-refractivity contribution in [3.8, 4) is 5.75 Å². The number of aryl methyl sites for hydroxylation is 1. The first-order chi connectivity index (χ1) is 15.4. The first-order valence-electron chi connectivity index (χ1n) is 11.5. The summed E-state index contributed by atoms with van der Waals surface area (Å²) in [6, 6.07) is 22.0. The van der Waals surface area contributed by atoms with Gasteiger partial charge in [0.1, 0.15) is 17.2 Å². The number of nitrogens with two attached hydrogens (primary N) is 1. The number of rotatable bonds is 2. The van der Waals surface area contributed by atoms with E-state index in [0.29, 0.717) is 11.8 Å². The van der Waals surface area contributed by atoms with Crippen molar-refractivity contribution in [1.29, 1.82) is 5.41 Å². The van der Waals surface area contributed by atoms with Crippen molar-refractivity contribution in [2.75, 3.05) is 5.32 Å². The summed E-state index contributed by atoms with van der Waals surface area (Å²) in [5.74, 6) is 1.87. The van der Waals surface area contributed by atoms with Crippen LogP contribution in [0.2, 0.25) is 0 Å². The van der Waals surface area contributed by atoms with Gasteiger partial charge in [0.05, 0.1) is 6.04 Å². The second-order valence-electron chi connectivity index (χ2n) is 10.1. The Balaban J connectivity index is 1.45. The Bertz CT molecular complexity index is 1250. The molecular formula is C28H29N3O. The summed E-state index contributed by atoms with van der Waals surface area (Å²) in [5.41, 5.74) is 14.4. The highest BCUT2D eigenvalue weighted by Gasteiger charge is 2.43. The highest BCUT2D eigenvalue weighted by Crippen LogP contribution is 2.54. The van der Waals surface area contributed by atoms with Crippen molar-refractivity contribution in [2.45, 2.75) is 50.7 Å². The molecular weight excluding hydrogens is 394 g/mol. The molecule has 32 heavy (non-hydrogen) atoms. The molecule has 0 saturated carbocycles. The first kappa shape index (κ1) is 19.4. The van der Waals surface area contributed by atoms with E-state index in [4.69, 9.17) is 15.9 Å². The molecule has 0 saturated heterocycles. The van der Waals surface area contributed by atoms with Crippen LogP contribution in [-0.2, 0) is 12.8 Å². The molecule has 2 aliphatic heterocycles. The minimum Gasteiger partial charge on any atom is -0.488 e. The minimum absolute atomic E-state index is 0.0941. The Kier molecular flexibility index (Phi) is 4.16. The average Bonchev–Trinajstić information content (AvgIpc) is 3.17. The number of nitrogens with one attached hydrogen (secondary N) is 2. The Morgan fingerprint density at radius 1 is 1.03 bits per heavy atom. The fraction of sp³-hybridized carbons (Fsp3) is 0.321. The van der Waals surface area contributed by atoms with Gasteiger partial charge in [-0.15, -0.1) is 0 Å². The van der Waals surface area contributed by atoms with Crippen LogP contribution >= 0.6 is 0 Å². The zero-order valence-electron chi connectivity index (χ0n) is 18.6. The van der Waals surface area contributed by atoms with Crippen LogP contribution in [0, 0.1) is 11.3 Å². The number of nitrogen functional groups attached to an aromatic ring is 1. The maximum atomic E-state index is 7.92. The molecule has 0 amide bonds. The lowest BCUT2D eigenvalue weighted by atomic mass is 9.75.